The van der Waals surface area contributed by atoms with Gasteiger partial charge in [0.1, 0.15) is 5.75 Å². The van der Waals surface area contributed by atoms with Gasteiger partial charge in [-0.3, -0.25) is 9.59 Å². The van der Waals surface area contributed by atoms with Crippen molar-refractivity contribution in [1.82, 2.24) is 10.2 Å². The number of hydrogen-bond donors (Lipinski definition) is 1. The van der Waals surface area contributed by atoms with E-state index in [-0.39, 0.29) is 17.9 Å². The van der Waals surface area contributed by atoms with Gasteiger partial charge in [-0.15, -0.1) is 0 Å². The van der Waals surface area contributed by atoms with Crippen LogP contribution in [0.2, 0.25) is 0 Å². The lowest BCUT2D eigenvalue weighted by Gasteiger charge is -2.21. The van der Waals surface area contributed by atoms with Crippen molar-refractivity contribution in [3.63, 3.8) is 0 Å². The highest BCUT2D eigenvalue weighted by Crippen LogP contribution is 2.18. The first-order chi connectivity index (χ1) is 10.8. The summed E-state index contributed by atoms with van der Waals surface area (Å²) in [6.45, 7) is 6.89. The second-order valence-corrected chi connectivity index (χ2v) is 7.06. The summed E-state index contributed by atoms with van der Waals surface area (Å²) in [7, 11) is 1.64. The van der Waals surface area contributed by atoms with Gasteiger partial charge < -0.3 is 15.0 Å². The fourth-order valence-corrected chi connectivity index (χ4v) is 2.54. The van der Waals surface area contributed by atoms with Gasteiger partial charge in [-0.1, -0.05) is 32.9 Å². The molecule has 0 aliphatic carbocycles. The van der Waals surface area contributed by atoms with Crippen molar-refractivity contribution in [2.45, 2.75) is 39.7 Å². The lowest BCUT2D eigenvalue weighted by atomic mass is 9.95. The monoisotopic (exact) mass is 318 g/mol. The molecule has 1 saturated heterocycles. The van der Waals surface area contributed by atoms with E-state index in [4.69, 9.17) is 4.74 Å². The summed E-state index contributed by atoms with van der Waals surface area (Å²) in [4.78, 5) is 25.9. The van der Waals surface area contributed by atoms with E-state index >= 15 is 0 Å². The zero-order chi connectivity index (χ0) is 17.0. The van der Waals surface area contributed by atoms with Crippen molar-refractivity contribution in [3.05, 3.63) is 29.8 Å². The number of rotatable bonds is 5. The highest BCUT2D eigenvalue weighted by molar-refractivity contribution is 5.84. The lowest BCUT2D eigenvalue weighted by Crippen LogP contribution is -2.43. The molecule has 1 heterocycles. The molecule has 1 aliphatic heterocycles. The SMILES string of the molecule is COc1ccc(CCN2CC(NC(=O)C(C)(C)C)CC2=O)cc1. The molecule has 0 saturated carbocycles. The van der Waals surface area contributed by atoms with Crippen LogP contribution in [0.4, 0.5) is 0 Å². The lowest BCUT2D eigenvalue weighted by molar-refractivity contribution is -0.129. The van der Waals surface area contributed by atoms with Gasteiger partial charge >= 0.3 is 0 Å². The van der Waals surface area contributed by atoms with Gasteiger partial charge in [0.2, 0.25) is 11.8 Å². The molecule has 1 aliphatic rings. The normalized spacial score (nSPS) is 18.2. The van der Waals surface area contributed by atoms with Crippen LogP contribution in [-0.4, -0.2) is 43.0 Å². The first-order valence-corrected chi connectivity index (χ1v) is 8.01. The Kier molecular flexibility index (Phi) is 5.29. The molecule has 1 N–H and O–H groups in total. The molecule has 5 nitrogen and oxygen atoms in total. The first kappa shape index (κ1) is 17.3. The molecule has 0 spiro atoms. The predicted octanol–water partition coefficient (Wildman–Crippen LogP) is 2.00. The topological polar surface area (TPSA) is 58.6 Å². The minimum absolute atomic E-state index is 0.00713. The quantitative estimate of drug-likeness (QED) is 0.903. The molecule has 1 unspecified atom stereocenters. The van der Waals surface area contributed by atoms with Crippen molar-refractivity contribution in [2.75, 3.05) is 20.2 Å². The molecule has 0 aromatic heterocycles. The Morgan fingerprint density at radius 1 is 1.30 bits per heavy atom. The van der Waals surface area contributed by atoms with Crippen molar-refractivity contribution in [3.8, 4) is 5.75 Å². The van der Waals surface area contributed by atoms with Crippen molar-refractivity contribution < 1.29 is 14.3 Å². The van der Waals surface area contributed by atoms with E-state index in [1.807, 2.05) is 49.9 Å². The van der Waals surface area contributed by atoms with Crippen LogP contribution >= 0.6 is 0 Å². The van der Waals surface area contributed by atoms with Crippen molar-refractivity contribution in [2.24, 2.45) is 5.41 Å². The zero-order valence-electron chi connectivity index (χ0n) is 14.4. The minimum Gasteiger partial charge on any atom is -0.497 e. The van der Waals surface area contributed by atoms with Crippen LogP contribution in [0, 0.1) is 5.41 Å². The van der Waals surface area contributed by atoms with E-state index in [0.717, 1.165) is 12.2 Å². The summed E-state index contributed by atoms with van der Waals surface area (Å²) < 4.78 is 5.14. The number of nitrogens with zero attached hydrogens (tertiary/aromatic N) is 1. The summed E-state index contributed by atoms with van der Waals surface area (Å²) in [5, 5.41) is 2.97. The molecule has 1 fully saturated rings. The second kappa shape index (κ2) is 7.02. The van der Waals surface area contributed by atoms with Crippen LogP contribution in [0.5, 0.6) is 5.75 Å². The average Bonchev–Trinajstić information content (AvgIpc) is 2.84. The van der Waals surface area contributed by atoms with Gasteiger partial charge in [-0.05, 0) is 24.1 Å². The number of carbonyl (C=O) groups is 2. The number of amides is 2. The standard InChI is InChI=1S/C18H26N2O3/c1-18(2,3)17(22)19-14-11-16(21)20(12-14)10-9-13-5-7-15(23-4)8-6-13/h5-8,14H,9-12H2,1-4H3,(H,19,22). The molecule has 5 heteroatoms. The van der Waals surface area contributed by atoms with E-state index in [2.05, 4.69) is 5.32 Å². The third-order valence-corrected chi connectivity index (χ3v) is 4.06. The molecule has 2 amide bonds. The Balaban J connectivity index is 1.84. The molecule has 0 radical (unpaired) electrons. The van der Waals surface area contributed by atoms with Crippen LogP contribution < -0.4 is 10.1 Å². The number of likely N-dealkylation sites (tertiary alicyclic amines) is 1. The van der Waals surface area contributed by atoms with Crippen LogP contribution in [0.3, 0.4) is 0 Å². The maximum atomic E-state index is 12.1. The van der Waals surface area contributed by atoms with E-state index in [9.17, 15) is 9.59 Å². The van der Waals surface area contributed by atoms with Crippen LogP contribution in [0.1, 0.15) is 32.8 Å². The predicted molar refractivity (Wildman–Crippen MR) is 89.3 cm³/mol. The Hall–Kier alpha value is -2.04. The molecular formula is C18H26N2O3. The summed E-state index contributed by atoms with van der Waals surface area (Å²) in [6.07, 6.45) is 1.19. The maximum absolute atomic E-state index is 12.1. The average molecular weight is 318 g/mol. The molecule has 1 atom stereocenters. The molecule has 0 bridgehead atoms. The Bertz CT molecular complexity index is 561. The maximum Gasteiger partial charge on any atom is 0.225 e. The number of ether oxygens (including phenoxy) is 1. The highest BCUT2D eigenvalue weighted by atomic mass is 16.5. The van der Waals surface area contributed by atoms with E-state index < -0.39 is 5.41 Å². The van der Waals surface area contributed by atoms with Crippen molar-refractivity contribution >= 4 is 11.8 Å². The molecule has 1 aromatic rings. The molecule has 1 aromatic carbocycles. The van der Waals surface area contributed by atoms with Gasteiger partial charge in [-0.25, -0.2) is 0 Å². The summed E-state index contributed by atoms with van der Waals surface area (Å²) in [6, 6.07) is 7.79. The van der Waals surface area contributed by atoms with Gasteiger partial charge in [0.05, 0.1) is 13.2 Å². The zero-order valence-corrected chi connectivity index (χ0v) is 14.4. The van der Waals surface area contributed by atoms with E-state index in [0.29, 0.717) is 19.5 Å². The first-order valence-electron chi connectivity index (χ1n) is 8.01. The third kappa shape index (κ3) is 4.71. The van der Waals surface area contributed by atoms with E-state index in [1.54, 1.807) is 7.11 Å². The highest BCUT2D eigenvalue weighted by Gasteiger charge is 2.32. The van der Waals surface area contributed by atoms with Gasteiger partial charge in [0, 0.05) is 24.9 Å². The number of benzene rings is 1. The van der Waals surface area contributed by atoms with Gasteiger partial charge in [-0.2, -0.15) is 0 Å². The number of carbonyl (C=O) groups excluding carboxylic acids is 2. The van der Waals surface area contributed by atoms with Crippen LogP contribution in [0.25, 0.3) is 0 Å². The Morgan fingerprint density at radius 2 is 1.96 bits per heavy atom. The van der Waals surface area contributed by atoms with Crippen LogP contribution in [0.15, 0.2) is 24.3 Å². The smallest absolute Gasteiger partial charge is 0.225 e. The fourth-order valence-electron chi connectivity index (χ4n) is 2.54. The third-order valence-electron chi connectivity index (χ3n) is 4.06. The molecule has 2 rings (SSSR count). The Morgan fingerprint density at radius 3 is 2.52 bits per heavy atom. The number of nitrogens with one attached hydrogen (secondary N) is 1. The fraction of sp³-hybridized carbons (Fsp3) is 0.556. The summed E-state index contributed by atoms with van der Waals surface area (Å²) in [5.74, 6) is 0.931. The number of methoxy groups -OCH3 is 1. The summed E-state index contributed by atoms with van der Waals surface area (Å²) in [5.41, 5.74) is 0.736. The van der Waals surface area contributed by atoms with E-state index in [1.165, 1.54) is 5.56 Å². The Labute approximate surface area is 138 Å². The number of hydrogen-bond acceptors (Lipinski definition) is 3. The molecule has 126 valence electrons. The van der Waals surface area contributed by atoms with Gasteiger partial charge in [0.15, 0.2) is 0 Å². The van der Waals surface area contributed by atoms with Crippen LogP contribution in [-0.2, 0) is 16.0 Å². The second-order valence-electron chi connectivity index (χ2n) is 7.06. The summed E-state index contributed by atoms with van der Waals surface area (Å²) >= 11 is 0. The largest absolute Gasteiger partial charge is 0.497 e. The van der Waals surface area contributed by atoms with Crippen molar-refractivity contribution in [1.29, 1.82) is 0 Å². The van der Waals surface area contributed by atoms with Gasteiger partial charge in [0.25, 0.3) is 0 Å². The molecular weight excluding hydrogens is 292 g/mol. The minimum atomic E-state index is -0.431. The molecule has 23 heavy (non-hydrogen) atoms.